The first-order chi connectivity index (χ1) is 6.54. The van der Waals surface area contributed by atoms with E-state index < -0.39 is 0 Å². The predicted octanol–water partition coefficient (Wildman–Crippen LogP) is 3.23. The number of aliphatic imine (C=N–C) groups is 1. The summed E-state index contributed by atoms with van der Waals surface area (Å²) in [5.41, 5.74) is 2.95. The number of hydrogen-bond donors (Lipinski definition) is 0. The van der Waals surface area contributed by atoms with E-state index in [1.54, 1.807) is 0 Å². The summed E-state index contributed by atoms with van der Waals surface area (Å²) >= 11 is 0. The van der Waals surface area contributed by atoms with Crippen LogP contribution in [0.4, 0.5) is 0 Å². The minimum absolute atomic E-state index is 0.247. The van der Waals surface area contributed by atoms with Crippen LogP contribution in [0.15, 0.2) is 29.3 Å². The molecule has 0 bridgehead atoms. The molecule has 0 atom stereocenters. The van der Waals surface area contributed by atoms with Crippen molar-refractivity contribution in [2.45, 2.75) is 32.6 Å². The van der Waals surface area contributed by atoms with Gasteiger partial charge >= 0.3 is 0 Å². The minimum Gasteiger partial charge on any atom is -0.301 e. The highest BCUT2D eigenvalue weighted by Crippen LogP contribution is 2.22. The highest BCUT2D eigenvalue weighted by Gasteiger charge is 2.12. The van der Waals surface area contributed by atoms with Crippen molar-refractivity contribution in [1.29, 1.82) is 0 Å². The molecule has 1 aromatic carbocycles. The molecular weight excluding hydrogens is 170 g/mol. The Labute approximate surface area is 86.9 Å². The maximum absolute atomic E-state index is 3.98. The second kappa shape index (κ2) is 4.41. The molecule has 0 fully saturated rings. The van der Waals surface area contributed by atoms with Gasteiger partial charge in [0.1, 0.15) is 0 Å². The monoisotopic (exact) mass is 189 g/mol. The average molecular weight is 189 g/mol. The molecule has 0 saturated carbocycles. The van der Waals surface area contributed by atoms with Gasteiger partial charge in [-0.3, -0.25) is 0 Å². The van der Waals surface area contributed by atoms with E-state index in [-0.39, 0.29) is 5.41 Å². The fourth-order valence-corrected chi connectivity index (χ4v) is 1.34. The van der Waals surface area contributed by atoms with E-state index in [1.165, 1.54) is 11.1 Å². The molecule has 0 spiro atoms. The Morgan fingerprint density at radius 3 is 2.14 bits per heavy atom. The van der Waals surface area contributed by atoms with Gasteiger partial charge in [-0.1, -0.05) is 45.0 Å². The van der Waals surface area contributed by atoms with Gasteiger partial charge in [0, 0.05) is 19.7 Å². The predicted molar refractivity (Wildman–Crippen MR) is 63.3 cm³/mol. The summed E-state index contributed by atoms with van der Waals surface area (Å²) in [5.74, 6) is 0. The summed E-state index contributed by atoms with van der Waals surface area (Å²) in [6, 6.07) is 8.78. The molecule has 0 amide bonds. The summed E-state index contributed by atoms with van der Waals surface area (Å²) < 4.78 is 0. The molecule has 0 aliphatic carbocycles. The molecular formula is C13H19N. The molecule has 0 aromatic heterocycles. The molecule has 0 saturated heterocycles. The Bertz CT molecular complexity index is 301. The lowest BCUT2D eigenvalue weighted by Crippen LogP contribution is -2.10. The zero-order valence-corrected chi connectivity index (χ0v) is 9.54. The smallest absolute Gasteiger partial charge is 0.0273 e. The van der Waals surface area contributed by atoms with Crippen molar-refractivity contribution in [3.8, 4) is 0 Å². The SMILES string of the molecule is CN=CCc1ccc(C(C)(C)C)cc1. The molecule has 76 valence electrons. The third-order valence-electron chi connectivity index (χ3n) is 2.33. The number of rotatable bonds is 2. The molecule has 0 heterocycles. The lowest BCUT2D eigenvalue weighted by atomic mass is 9.86. The molecule has 1 nitrogen and oxygen atoms in total. The van der Waals surface area contributed by atoms with Gasteiger partial charge in [-0.2, -0.15) is 0 Å². The molecule has 0 radical (unpaired) electrons. The number of hydrogen-bond acceptors (Lipinski definition) is 1. The van der Waals surface area contributed by atoms with Crippen molar-refractivity contribution in [2.24, 2.45) is 4.99 Å². The van der Waals surface area contributed by atoms with E-state index in [2.05, 4.69) is 50.0 Å². The van der Waals surface area contributed by atoms with Crippen molar-refractivity contribution in [3.63, 3.8) is 0 Å². The number of benzene rings is 1. The fourth-order valence-electron chi connectivity index (χ4n) is 1.34. The minimum atomic E-state index is 0.247. The van der Waals surface area contributed by atoms with Gasteiger partial charge in [0.2, 0.25) is 0 Å². The summed E-state index contributed by atoms with van der Waals surface area (Å²) in [6.45, 7) is 6.69. The lowest BCUT2D eigenvalue weighted by molar-refractivity contribution is 0.590. The van der Waals surface area contributed by atoms with Gasteiger partial charge in [0.15, 0.2) is 0 Å². The third kappa shape index (κ3) is 2.99. The summed E-state index contributed by atoms with van der Waals surface area (Å²) in [5, 5.41) is 0. The van der Waals surface area contributed by atoms with Crippen molar-refractivity contribution < 1.29 is 0 Å². The van der Waals surface area contributed by atoms with Crippen LogP contribution in [0.3, 0.4) is 0 Å². The first-order valence-electron chi connectivity index (χ1n) is 5.04. The second-order valence-electron chi connectivity index (χ2n) is 4.59. The van der Waals surface area contributed by atoms with Crippen molar-refractivity contribution in [1.82, 2.24) is 0 Å². The number of nitrogens with zero attached hydrogens (tertiary/aromatic N) is 1. The lowest BCUT2D eigenvalue weighted by Gasteiger charge is -2.18. The average Bonchev–Trinajstić information content (AvgIpc) is 2.14. The molecule has 0 N–H and O–H groups in total. The van der Waals surface area contributed by atoms with Crippen LogP contribution in [0.25, 0.3) is 0 Å². The van der Waals surface area contributed by atoms with Gasteiger partial charge < -0.3 is 4.99 Å². The highest BCUT2D eigenvalue weighted by atomic mass is 14.6. The Kier molecular flexibility index (Phi) is 3.45. The first kappa shape index (κ1) is 11.0. The normalized spacial score (nSPS) is 12.3. The van der Waals surface area contributed by atoms with Crippen LogP contribution < -0.4 is 0 Å². The van der Waals surface area contributed by atoms with E-state index >= 15 is 0 Å². The molecule has 0 aliphatic rings. The van der Waals surface area contributed by atoms with E-state index in [0.717, 1.165) is 6.42 Å². The van der Waals surface area contributed by atoms with Crippen LogP contribution in [0.5, 0.6) is 0 Å². The topological polar surface area (TPSA) is 12.4 Å². The van der Waals surface area contributed by atoms with Crippen molar-refractivity contribution in [2.75, 3.05) is 7.05 Å². The zero-order chi connectivity index (χ0) is 10.6. The van der Waals surface area contributed by atoms with Crippen LogP contribution in [0.1, 0.15) is 31.9 Å². The van der Waals surface area contributed by atoms with Gasteiger partial charge in [0.05, 0.1) is 0 Å². The molecule has 1 aromatic rings. The highest BCUT2D eigenvalue weighted by molar-refractivity contribution is 5.61. The Hall–Kier alpha value is -1.11. The van der Waals surface area contributed by atoms with Crippen molar-refractivity contribution in [3.05, 3.63) is 35.4 Å². The van der Waals surface area contributed by atoms with E-state index in [9.17, 15) is 0 Å². The Morgan fingerprint density at radius 2 is 1.71 bits per heavy atom. The molecule has 0 unspecified atom stereocenters. The van der Waals surface area contributed by atoms with Gasteiger partial charge in [-0.25, -0.2) is 0 Å². The second-order valence-corrected chi connectivity index (χ2v) is 4.59. The van der Waals surface area contributed by atoms with E-state index in [4.69, 9.17) is 0 Å². The van der Waals surface area contributed by atoms with Gasteiger partial charge in [-0.15, -0.1) is 0 Å². The standard InChI is InChI=1S/C13H19N/c1-13(2,3)12-7-5-11(6-8-12)9-10-14-4/h5-8,10H,9H2,1-4H3. The maximum Gasteiger partial charge on any atom is 0.0273 e. The maximum atomic E-state index is 3.98. The fraction of sp³-hybridized carbons (Fsp3) is 0.462. The van der Waals surface area contributed by atoms with Crippen LogP contribution in [0, 0.1) is 0 Å². The van der Waals surface area contributed by atoms with Gasteiger partial charge in [-0.05, 0) is 16.5 Å². The quantitative estimate of drug-likeness (QED) is 0.633. The van der Waals surface area contributed by atoms with Crippen LogP contribution in [-0.4, -0.2) is 13.3 Å². The summed E-state index contributed by atoms with van der Waals surface area (Å²) in [6.07, 6.45) is 2.87. The Balaban J connectivity index is 2.79. The van der Waals surface area contributed by atoms with E-state index in [1.807, 2.05) is 13.3 Å². The van der Waals surface area contributed by atoms with Crippen molar-refractivity contribution >= 4 is 6.21 Å². The largest absolute Gasteiger partial charge is 0.301 e. The van der Waals surface area contributed by atoms with Crippen LogP contribution in [0.2, 0.25) is 0 Å². The van der Waals surface area contributed by atoms with Crippen LogP contribution in [-0.2, 0) is 11.8 Å². The Morgan fingerprint density at radius 1 is 1.14 bits per heavy atom. The van der Waals surface area contributed by atoms with Gasteiger partial charge in [0.25, 0.3) is 0 Å². The third-order valence-corrected chi connectivity index (χ3v) is 2.33. The molecule has 1 heteroatoms. The zero-order valence-electron chi connectivity index (χ0n) is 9.54. The van der Waals surface area contributed by atoms with Crippen LogP contribution >= 0.6 is 0 Å². The first-order valence-corrected chi connectivity index (χ1v) is 5.04. The molecule has 14 heavy (non-hydrogen) atoms. The molecule has 0 aliphatic heterocycles. The summed E-state index contributed by atoms with van der Waals surface area (Å²) in [7, 11) is 1.81. The summed E-state index contributed by atoms with van der Waals surface area (Å²) in [4.78, 5) is 3.98. The van der Waals surface area contributed by atoms with E-state index in [0.29, 0.717) is 0 Å². The molecule has 1 rings (SSSR count).